The van der Waals surface area contributed by atoms with Gasteiger partial charge in [-0.25, -0.2) is 9.59 Å². The molecule has 1 saturated heterocycles. The van der Waals surface area contributed by atoms with Gasteiger partial charge in [0.05, 0.1) is 18.8 Å². The first-order valence-corrected chi connectivity index (χ1v) is 6.73. The first kappa shape index (κ1) is 15.3. The number of carbonyl (C=O) groups excluding carboxylic acids is 1. The molecule has 21 heavy (non-hydrogen) atoms. The van der Waals surface area contributed by atoms with Crippen LogP contribution in [0.2, 0.25) is 0 Å². The lowest BCUT2D eigenvalue weighted by Crippen LogP contribution is -2.58. The van der Waals surface area contributed by atoms with Gasteiger partial charge in [-0.15, -0.1) is 0 Å². The lowest BCUT2D eigenvalue weighted by Gasteiger charge is -2.41. The zero-order valence-electron chi connectivity index (χ0n) is 12.1. The number of rotatable bonds is 3. The highest BCUT2D eigenvalue weighted by atomic mass is 16.6. The van der Waals surface area contributed by atoms with Gasteiger partial charge in [0, 0.05) is 0 Å². The summed E-state index contributed by atoms with van der Waals surface area (Å²) in [5.74, 6) is -1.10. The zero-order chi connectivity index (χ0) is 15.5. The Bertz CT molecular complexity index is 514. The van der Waals surface area contributed by atoms with Gasteiger partial charge in [0.25, 0.3) is 0 Å². The van der Waals surface area contributed by atoms with E-state index in [9.17, 15) is 14.7 Å². The minimum Gasteiger partial charge on any atom is -0.480 e. The molecule has 0 aliphatic carbocycles. The Labute approximate surface area is 123 Å². The van der Waals surface area contributed by atoms with Crippen LogP contribution in [0.1, 0.15) is 19.4 Å². The van der Waals surface area contributed by atoms with E-state index in [1.165, 1.54) is 4.90 Å². The number of aliphatic carboxylic acids is 1. The van der Waals surface area contributed by atoms with Crippen LogP contribution in [0.15, 0.2) is 30.3 Å². The number of carboxylic acid groups (broad SMARTS) is 1. The first-order chi connectivity index (χ1) is 9.89. The van der Waals surface area contributed by atoms with Gasteiger partial charge in [0.2, 0.25) is 0 Å². The quantitative estimate of drug-likeness (QED) is 0.921. The average molecular weight is 293 g/mol. The van der Waals surface area contributed by atoms with Crippen molar-refractivity contribution in [3.63, 3.8) is 0 Å². The van der Waals surface area contributed by atoms with Crippen LogP contribution >= 0.6 is 0 Å². The fourth-order valence-corrected chi connectivity index (χ4v) is 2.16. The SMILES string of the molecule is CC1(C)CN(C(=O)OCc2ccccc2)[C@H](C(=O)O)CO1. The van der Waals surface area contributed by atoms with E-state index >= 15 is 0 Å². The van der Waals surface area contributed by atoms with E-state index in [4.69, 9.17) is 9.47 Å². The lowest BCUT2D eigenvalue weighted by molar-refractivity contribution is -0.159. The summed E-state index contributed by atoms with van der Waals surface area (Å²) >= 11 is 0. The monoisotopic (exact) mass is 293 g/mol. The second-order valence-electron chi connectivity index (χ2n) is 5.59. The molecule has 1 heterocycles. The maximum Gasteiger partial charge on any atom is 0.411 e. The molecule has 6 nitrogen and oxygen atoms in total. The van der Waals surface area contributed by atoms with Crippen LogP contribution in [0, 0.1) is 0 Å². The standard InChI is InChI=1S/C15H19NO5/c1-15(2)10-16(12(9-21-15)13(17)18)14(19)20-8-11-6-4-3-5-7-11/h3-7,12H,8-10H2,1-2H3,(H,17,18)/t12-/m0/s1. The minimum absolute atomic E-state index is 0.0389. The van der Waals surface area contributed by atoms with Crippen molar-refractivity contribution in [3.8, 4) is 0 Å². The molecule has 2 rings (SSSR count). The molecule has 1 aromatic carbocycles. The molecule has 0 unspecified atom stereocenters. The smallest absolute Gasteiger partial charge is 0.411 e. The van der Waals surface area contributed by atoms with Crippen molar-refractivity contribution in [1.29, 1.82) is 0 Å². The van der Waals surface area contributed by atoms with E-state index in [0.29, 0.717) is 0 Å². The van der Waals surface area contributed by atoms with Gasteiger partial charge < -0.3 is 14.6 Å². The summed E-state index contributed by atoms with van der Waals surface area (Å²) in [4.78, 5) is 24.6. The predicted octanol–water partition coefficient (Wildman–Crippen LogP) is 1.89. The van der Waals surface area contributed by atoms with Crippen LogP contribution < -0.4 is 0 Å². The van der Waals surface area contributed by atoms with Crippen LogP contribution in [0.3, 0.4) is 0 Å². The molecule has 6 heteroatoms. The molecule has 0 aromatic heterocycles. The highest BCUT2D eigenvalue weighted by Crippen LogP contribution is 2.22. The Morgan fingerprint density at radius 2 is 2.05 bits per heavy atom. The number of morpholine rings is 1. The summed E-state index contributed by atoms with van der Waals surface area (Å²) < 4.78 is 10.7. The second kappa shape index (κ2) is 6.13. The largest absolute Gasteiger partial charge is 0.480 e. The van der Waals surface area contributed by atoms with Crippen molar-refractivity contribution < 1.29 is 24.2 Å². The molecule has 0 radical (unpaired) electrons. The van der Waals surface area contributed by atoms with Gasteiger partial charge in [0.1, 0.15) is 6.61 Å². The Balaban J connectivity index is 2.02. The summed E-state index contributed by atoms with van der Waals surface area (Å²) in [6.45, 7) is 3.87. The predicted molar refractivity (Wildman–Crippen MR) is 74.8 cm³/mol. The van der Waals surface area contributed by atoms with Crippen molar-refractivity contribution in [1.82, 2.24) is 4.90 Å². The zero-order valence-corrected chi connectivity index (χ0v) is 12.1. The summed E-state index contributed by atoms with van der Waals surface area (Å²) in [5.41, 5.74) is 0.266. The number of hydrogen-bond acceptors (Lipinski definition) is 4. The minimum atomic E-state index is -1.10. The van der Waals surface area contributed by atoms with Crippen molar-refractivity contribution in [2.24, 2.45) is 0 Å². The fraction of sp³-hybridized carbons (Fsp3) is 0.467. The van der Waals surface area contributed by atoms with Crippen LogP contribution in [0.5, 0.6) is 0 Å². The molecular formula is C15H19NO5. The van der Waals surface area contributed by atoms with E-state index in [0.717, 1.165) is 5.56 Å². The molecule has 1 aliphatic rings. The van der Waals surface area contributed by atoms with Crippen molar-refractivity contribution in [3.05, 3.63) is 35.9 Å². The molecule has 1 aliphatic heterocycles. The van der Waals surface area contributed by atoms with Crippen LogP contribution in [0.25, 0.3) is 0 Å². The number of amides is 1. The van der Waals surface area contributed by atoms with Gasteiger partial charge >= 0.3 is 12.1 Å². The molecule has 1 N–H and O–H groups in total. The summed E-state index contributed by atoms with van der Waals surface area (Å²) in [5, 5.41) is 9.18. The molecule has 1 fully saturated rings. The third-order valence-electron chi connectivity index (χ3n) is 3.28. The van der Waals surface area contributed by atoms with Crippen molar-refractivity contribution in [2.45, 2.75) is 32.1 Å². The molecule has 0 bridgehead atoms. The number of carbonyl (C=O) groups is 2. The maximum absolute atomic E-state index is 12.2. The van der Waals surface area contributed by atoms with Gasteiger partial charge in [-0.2, -0.15) is 0 Å². The molecule has 114 valence electrons. The second-order valence-corrected chi connectivity index (χ2v) is 5.59. The number of hydrogen-bond donors (Lipinski definition) is 1. The number of benzene rings is 1. The van der Waals surface area contributed by atoms with Crippen LogP contribution in [-0.4, -0.2) is 46.9 Å². The van der Waals surface area contributed by atoms with E-state index in [1.54, 1.807) is 0 Å². The topological polar surface area (TPSA) is 76.1 Å². The van der Waals surface area contributed by atoms with E-state index in [1.807, 2.05) is 44.2 Å². The molecule has 1 amide bonds. The van der Waals surface area contributed by atoms with E-state index in [2.05, 4.69) is 0 Å². The summed E-state index contributed by atoms with van der Waals surface area (Å²) in [6, 6.07) is 8.23. The third kappa shape index (κ3) is 3.95. The Kier molecular flexibility index (Phi) is 4.47. The molecular weight excluding hydrogens is 274 g/mol. The Hall–Kier alpha value is -2.08. The Morgan fingerprint density at radius 3 is 2.67 bits per heavy atom. The van der Waals surface area contributed by atoms with Gasteiger partial charge in [-0.3, -0.25) is 4.90 Å². The van der Waals surface area contributed by atoms with Crippen molar-refractivity contribution >= 4 is 12.1 Å². The molecule has 0 saturated carbocycles. The maximum atomic E-state index is 12.2. The number of carboxylic acids is 1. The molecule has 0 spiro atoms. The van der Waals surface area contributed by atoms with E-state index < -0.39 is 23.7 Å². The summed E-state index contributed by atoms with van der Waals surface area (Å²) in [6.07, 6.45) is -0.636. The van der Waals surface area contributed by atoms with Crippen LogP contribution in [-0.2, 0) is 20.9 Å². The normalized spacial score (nSPS) is 20.9. The third-order valence-corrected chi connectivity index (χ3v) is 3.28. The van der Waals surface area contributed by atoms with E-state index in [-0.39, 0.29) is 19.8 Å². The Morgan fingerprint density at radius 1 is 1.38 bits per heavy atom. The summed E-state index contributed by atoms with van der Waals surface area (Å²) in [7, 11) is 0. The van der Waals surface area contributed by atoms with Gasteiger partial charge in [0.15, 0.2) is 6.04 Å². The lowest BCUT2D eigenvalue weighted by atomic mass is 10.1. The van der Waals surface area contributed by atoms with Crippen molar-refractivity contribution in [2.75, 3.05) is 13.2 Å². The molecule has 1 aromatic rings. The van der Waals surface area contributed by atoms with Gasteiger partial charge in [-0.05, 0) is 19.4 Å². The fourth-order valence-electron chi connectivity index (χ4n) is 2.16. The first-order valence-electron chi connectivity index (χ1n) is 6.73. The number of nitrogens with zero attached hydrogens (tertiary/aromatic N) is 1. The number of ether oxygens (including phenoxy) is 2. The van der Waals surface area contributed by atoms with Crippen LogP contribution in [0.4, 0.5) is 4.79 Å². The highest BCUT2D eigenvalue weighted by molar-refractivity contribution is 5.80. The highest BCUT2D eigenvalue weighted by Gasteiger charge is 2.41. The molecule has 1 atom stereocenters. The van der Waals surface area contributed by atoms with Gasteiger partial charge in [-0.1, -0.05) is 30.3 Å². The average Bonchev–Trinajstić information content (AvgIpc) is 2.44.